The molecule has 3 heteroatoms. The van der Waals surface area contributed by atoms with Gasteiger partial charge in [-0.1, -0.05) is 0 Å². The Kier molecular flexibility index (Phi) is 2.36. The number of piperidine rings is 1. The predicted molar refractivity (Wildman–Crippen MR) is 52.8 cm³/mol. The number of hydrogen-bond acceptors (Lipinski definition) is 2. The quantitative estimate of drug-likeness (QED) is 0.702. The first-order valence-corrected chi connectivity index (χ1v) is 4.98. The average molecular weight is 179 g/mol. The molecule has 0 spiro atoms. The molecular weight excluding hydrogens is 162 g/mol. The molecule has 1 N–H and O–H groups in total. The summed E-state index contributed by atoms with van der Waals surface area (Å²) in [5.41, 5.74) is 1.13. The highest BCUT2D eigenvalue weighted by Crippen LogP contribution is 2.21. The standard InChI is InChI=1S/C10H17N3/c1-8-7-13(2)10(12-8)9-4-3-5-11-6-9/h7,9,11H,3-6H2,1-2H3. The molecule has 72 valence electrons. The molecule has 1 unspecified atom stereocenters. The van der Waals surface area contributed by atoms with E-state index in [0.29, 0.717) is 5.92 Å². The third kappa shape index (κ3) is 1.75. The maximum atomic E-state index is 4.56. The van der Waals surface area contributed by atoms with E-state index in [1.807, 2.05) is 0 Å². The van der Waals surface area contributed by atoms with Crippen LogP contribution >= 0.6 is 0 Å². The highest BCUT2D eigenvalue weighted by atomic mass is 15.1. The van der Waals surface area contributed by atoms with E-state index in [2.05, 4.69) is 35.0 Å². The number of rotatable bonds is 1. The van der Waals surface area contributed by atoms with Gasteiger partial charge in [0.05, 0.1) is 5.69 Å². The molecule has 2 heterocycles. The second kappa shape index (κ2) is 3.50. The average Bonchev–Trinajstić information content (AvgIpc) is 2.47. The van der Waals surface area contributed by atoms with Crippen molar-refractivity contribution in [2.24, 2.45) is 7.05 Å². The highest BCUT2D eigenvalue weighted by Gasteiger charge is 2.18. The number of nitrogens with zero attached hydrogens (tertiary/aromatic N) is 2. The number of nitrogens with one attached hydrogen (secondary N) is 1. The zero-order valence-electron chi connectivity index (χ0n) is 8.38. The first kappa shape index (κ1) is 8.75. The van der Waals surface area contributed by atoms with Gasteiger partial charge in [0.1, 0.15) is 5.82 Å². The minimum absolute atomic E-state index is 0.618. The van der Waals surface area contributed by atoms with Crippen LogP contribution in [0, 0.1) is 6.92 Å². The number of aromatic nitrogens is 2. The molecule has 1 aromatic heterocycles. The number of hydrogen-bond donors (Lipinski definition) is 1. The third-order valence-corrected chi connectivity index (χ3v) is 2.69. The van der Waals surface area contributed by atoms with Crippen molar-refractivity contribution >= 4 is 0 Å². The normalized spacial score (nSPS) is 23.4. The van der Waals surface area contributed by atoms with Gasteiger partial charge in [-0.15, -0.1) is 0 Å². The highest BCUT2D eigenvalue weighted by molar-refractivity contribution is 5.07. The van der Waals surface area contributed by atoms with Crippen molar-refractivity contribution < 1.29 is 0 Å². The van der Waals surface area contributed by atoms with E-state index < -0.39 is 0 Å². The van der Waals surface area contributed by atoms with E-state index in [1.165, 1.54) is 25.2 Å². The minimum Gasteiger partial charge on any atom is -0.337 e. The van der Waals surface area contributed by atoms with Crippen LogP contribution in [0.4, 0.5) is 0 Å². The van der Waals surface area contributed by atoms with Gasteiger partial charge < -0.3 is 9.88 Å². The topological polar surface area (TPSA) is 29.9 Å². The van der Waals surface area contributed by atoms with Gasteiger partial charge in [-0.05, 0) is 26.3 Å². The summed E-state index contributed by atoms with van der Waals surface area (Å²) in [7, 11) is 2.09. The van der Waals surface area contributed by atoms with Gasteiger partial charge in [-0.2, -0.15) is 0 Å². The van der Waals surface area contributed by atoms with Crippen LogP contribution in [0.5, 0.6) is 0 Å². The predicted octanol–water partition coefficient (Wildman–Crippen LogP) is 1.20. The molecule has 0 bridgehead atoms. The molecule has 1 fully saturated rings. The van der Waals surface area contributed by atoms with Gasteiger partial charge in [0.25, 0.3) is 0 Å². The second-order valence-corrected chi connectivity index (χ2v) is 3.89. The fraction of sp³-hybridized carbons (Fsp3) is 0.700. The zero-order valence-corrected chi connectivity index (χ0v) is 8.38. The van der Waals surface area contributed by atoms with E-state index in [4.69, 9.17) is 0 Å². The molecule has 2 rings (SSSR count). The molecular formula is C10H17N3. The van der Waals surface area contributed by atoms with Crippen LogP contribution in [0.1, 0.15) is 30.3 Å². The number of aryl methyl sites for hydroxylation is 2. The van der Waals surface area contributed by atoms with Crippen LogP contribution in [0.25, 0.3) is 0 Å². The summed E-state index contributed by atoms with van der Waals surface area (Å²) in [6, 6.07) is 0. The smallest absolute Gasteiger partial charge is 0.113 e. The molecule has 0 saturated carbocycles. The third-order valence-electron chi connectivity index (χ3n) is 2.69. The minimum atomic E-state index is 0.618. The largest absolute Gasteiger partial charge is 0.337 e. The fourth-order valence-electron chi connectivity index (χ4n) is 2.09. The van der Waals surface area contributed by atoms with Gasteiger partial charge in [0.15, 0.2) is 0 Å². The Morgan fingerprint density at radius 2 is 2.46 bits per heavy atom. The lowest BCUT2D eigenvalue weighted by Gasteiger charge is -2.22. The maximum Gasteiger partial charge on any atom is 0.113 e. The molecule has 1 aliphatic rings. The second-order valence-electron chi connectivity index (χ2n) is 3.89. The van der Waals surface area contributed by atoms with Crippen LogP contribution < -0.4 is 5.32 Å². The Hall–Kier alpha value is -0.830. The van der Waals surface area contributed by atoms with Crippen LogP contribution in [0.2, 0.25) is 0 Å². The maximum absolute atomic E-state index is 4.56. The molecule has 0 aromatic carbocycles. The molecule has 13 heavy (non-hydrogen) atoms. The van der Waals surface area contributed by atoms with Crippen molar-refractivity contribution in [3.8, 4) is 0 Å². The zero-order chi connectivity index (χ0) is 9.26. The fourth-order valence-corrected chi connectivity index (χ4v) is 2.09. The summed E-state index contributed by atoms with van der Waals surface area (Å²) in [5.74, 6) is 1.86. The van der Waals surface area contributed by atoms with Crippen molar-refractivity contribution in [1.29, 1.82) is 0 Å². The molecule has 0 aliphatic carbocycles. The Morgan fingerprint density at radius 1 is 1.62 bits per heavy atom. The summed E-state index contributed by atoms with van der Waals surface area (Å²) in [6.07, 6.45) is 4.65. The van der Waals surface area contributed by atoms with E-state index in [-0.39, 0.29) is 0 Å². The van der Waals surface area contributed by atoms with Gasteiger partial charge >= 0.3 is 0 Å². The Bertz CT molecular complexity index is 284. The van der Waals surface area contributed by atoms with Crippen molar-refractivity contribution in [3.63, 3.8) is 0 Å². The molecule has 1 atom stereocenters. The van der Waals surface area contributed by atoms with Crippen LogP contribution in [-0.2, 0) is 7.05 Å². The van der Waals surface area contributed by atoms with Crippen molar-refractivity contribution in [1.82, 2.24) is 14.9 Å². The Labute approximate surface area is 79.2 Å². The van der Waals surface area contributed by atoms with Crippen LogP contribution in [0.15, 0.2) is 6.20 Å². The van der Waals surface area contributed by atoms with E-state index in [0.717, 1.165) is 12.2 Å². The van der Waals surface area contributed by atoms with Gasteiger partial charge in [-0.25, -0.2) is 4.98 Å². The molecule has 1 aromatic rings. The summed E-state index contributed by atoms with van der Waals surface area (Å²) in [6.45, 7) is 4.31. The van der Waals surface area contributed by atoms with Gasteiger partial charge in [0, 0.05) is 25.7 Å². The van der Waals surface area contributed by atoms with E-state index in [9.17, 15) is 0 Å². The Morgan fingerprint density at radius 3 is 3.00 bits per heavy atom. The summed E-state index contributed by atoms with van der Waals surface area (Å²) in [4.78, 5) is 4.56. The van der Waals surface area contributed by atoms with E-state index >= 15 is 0 Å². The molecule has 0 amide bonds. The van der Waals surface area contributed by atoms with Crippen LogP contribution in [-0.4, -0.2) is 22.6 Å². The van der Waals surface area contributed by atoms with Gasteiger partial charge in [-0.3, -0.25) is 0 Å². The van der Waals surface area contributed by atoms with Crippen molar-refractivity contribution in [3.05, 3.63) is 17.7 Å². The molecule has 1 aliphatic heterocycles. The van der Waals surface area contributed by atoms with Gasteiger partial charge in [0.2, 0.25) is 0 Å². The molecule has 3 nitrogen and oxygen atoms in total. The van der Waals surface area contributed by atoms with Crippen molar-refractivity contribution in [2.75, 3.05) is 13.1 Å². The summed E-state index contributed by atoms with van der Waals surface area (Å²) in [5, 5.41) is 3.42. The van der Waals surface area contributed by atoms with Crippen molar-refractivity contribution in [2.45, 2.75) is 25.7 Å². The van der Waals surface area contributed by atoms with Crippen LogP contribution in [0.3, 0.4) is 0 Å². The van der Waals surface area contributed by atoms with E-state index in [1.54, 1.807) is 0 Å². The lowest BCUT2D eigenvalue weighted by Crippen LogP contribution is -2.29. The summed E-state index contributed by atoms with van der Waals surface area (Å²) < 4.78 is 2.16. The summed E-state index contributed by atoms with van der Waals surface area (Å²) >= 11 is 0. The monoisotopic (exact) mass is 179 g/mol. The first-order valence-electron chi connectivity index (χ1n) is 4.98. The number of imidazole rings is 1. The molecule has 1 saturated heterocycles. The SMILES string of the molecule is Cc1cn(C)c(C2CCCNC2)n1. The first-order chi connectivity index (χ1) is 6.27. The Balaban J connectivity index is 2.18. The molecule has 0 radical (unpaired) electrons. The lowest BCUT2D eigenvalue weighted by atomic mass is 9.99. The lowest BCUT2D eigenvalue weighted by molar-refractivity contribution is 0.439.